The molecule has 1 atom stereocenters. The van der Waals surface area contributed by atoms with Crippen molar-refractivity contribution in [3.63, 3.8) is 0 Å². The molecule has 5 nitrogen and oxygen atoms in total. The van der Waals surface area contributed by atoms with Gasteiger partial charge in [-0.2, -0.15) is 13.2 Å². The molecule has 0 bridgehead atoms. The van der Waals surface area contributed by atoms with Crippen molar-refractivity contribution in [1.29, 1.82) is 0 Å². The molecule has 2 rings (SSSR count). The van der Waals surface area contributed by atoms with E-state index in [4.69, 9.17) is 0 Å². The van der Waals surface area contributed by atoms with Gasteiger partial charge in [0.25, 0.3) is 0 Å². The van der Waals surface area contributed by atoms with E-state index in [1.807, 2.05) is 5.32 Å². The van der Waals surface area contributed by atoms with Crippen LogP contribution in [0.2, 0.25) is 0 Å². The predicted octanol–water partition coefficient (Wildman–Crippen LogP) is 3.09. The first-order valence-electron chi connectivity index (χ1n) is 6.65. The molecule has 1 amide bonds. The normalized spacial score (nSPS) is 12.9. The summed E-state index contributed by atoms with van der Waals surface area (Å²) in [5.74, 6) is -3.46. The topological polar surface area (TPSA) is 67.2 Å². The number of hydrogen-bond acceptors (Lipinski definition) is 4. The van der Waals surface area contributed by atoms with Crippen molar-refractivity contribution in [2.75, 3.05) is 11.9 Å². The molecule has 0 aliphatic rings. The lowest BCUT2D eigenvalue weighted by atomic mass is 10.1. The zero-order chi connectivity index (χ0) is 17.9. The van der Waals surface area contributed by atoms with E-state index in [2.05, 4.69) is 15.0 Å². The quantitative estimate of drug-likeness (QED) is 0.814. The second-order valence-electron chi connectivity index (χ2n) is 4.87. The summed E-state index contributed by atoms with van der Waals surface area (Å²) >= 11 is 0. The van der Waals surface area contributed by atoms with Gasteiger partial charge in [0.2, 0.25) is 5.91 Å². The van der Waals surface area contributed by atoms with Crippen LogP contribution in [0.4, 0.5) is 27.8 Å². The Kier molecular flexibility index (Phi) is 5.17. The Balaban J connectivity index is 2.10. The summed E-state index contributed by atoms with van der Waals surface area (Å²) in [6.45, 7) is 0.763. The number of aromatic nitrogens is 1. The first kappa shape index (κ1) is 17.9. The van der Waals surface area contributed by atoms with E-state index in [1.165, 1.54) is 6.07 Å². The third-order valence-corrected chi connectivity index (χ3v) is 2.98. The van der Waals surface area contributed by atoms with Crippen LogP contribution >= 0.6 is 0 Å². The SMILES string of the molecule is Cc1cc(NC(=O)CN[C@H](c2cccc(F)c2F)C(F)(F)F)no1. The van der Waals surface area contributed by atoms with Gasteiger partial charge >= 0.3 is 6.18 Å². The van der Waals surface area contributed by atoms with E-state index in [-0.39, 0.29) is 5.82 Å². The summed E-state index contributed by atoms with van der Waals surface area (Å²) in [5, 5.41) is 7.52. The molecule has 0 saturated carbocycles. The number of hydrogen-bond donors (Lipinski definition) is 2. The third-order valence-electron chi connectivity index (χ3n) is 2.98. The highest BCUT2D eigenvalue weighted by Crippen LogP contribution is 2.34. The first-order chi connectivity index (χ1) is 11.2. The highest BCUT2D eigenvalue weighted by Gasteiger charge is 2.42. The Labute approximate surface area is 132 Å². The molecule has 0 spiro atoms. The maximum absolute atomic E-state index is 13.6. The number of halogens is 5. The zero-order valence-corrected chi connectivity index (χ0v) is 12.2. The van der Waals surface area contributed by atoms with E-state index < -0.39 is 41.9 Å². The molecule has 130 valence electrons. The second kappa shape index (κ2) is 6.95. The fourth-order valence-electron chi connectivity index (χ4n) is 1.95. The Morgan fingerprint density at radius 1 is 1.33 bits per heavy atom. The summed E-state index contributed by atoms with van der Waals surface area (Å²) < 4.78 is 70.7. The first-order valence-corrected chi connectivity index (χ1v) is 6.65. The van der Waals surface area contributed by atoms with Gasteiger partial charge in [0.1, 0.15) is 11.8 Å². The van der Waals surface area contributed by atoms with Crippen molar-refractivity contribution in [3.8, 4) is 0 Å². The molecule has 2 N–H and O–H groups in total. The van der Waals surface area contributed by atoms with Gasteiger partial charge in [-0.3, -0.25) is 10.1 Å². The number of benzene rings is 1. The van der Waals surface area contributed by atoms with Crippen molar-refractivity contribution in [3.05, 3.63) is 47.2 Å². The molecule has 1 heterocycles. The smallest absolute Gasteiger partial charge is 0.360 e. The number of amides is 1. The maximum atomic E-state index is 13.6. The molecule has 1 aromatic carbocycles. The average Bonchev–Trinajstić information content (AvgIpc) is 2.87. The van der Waals surface area contributed by atoms with Gasteiger partial charge in [-0.05, 0) is 13.0 Å². The Morgan fingerprint density at radius 3 is 2.62 bits per heavy atom. The van der Waals surface area contributed by atoms with Crippen LogP contribution in [0.15, 0.2) is 28.8 Å². The minimum absolute atomic E-state index is 0.0276. The Morgan fingerprint density at radius 2 is 2.04 bits per heavy atom. The molecule has 10 heteroatoms. The van der Waals surface area contributed by atoms with Crippen LogP contribution in [-0.2, 0) is 4.79 Å². The lowest BCUT2D eigenvalue weighted by Gasteiger charge is -2.22. The summed E-state index contributed by atoms with van der Waals surface area (Å²) in [5.41, 5.74) is -0.937. The number of nitrogens with one attached hydrogen (secondary N) is 2. The number of carbonyl (C=O) groups is 1. The van der Waals surface area contributed by atoms with Gasteiger partial charge < -0.3 is 9.84 Å². The molecule has 0 radical (unpaired) electrons. The summed E-state index contributed by atoms with van der Waals surface area (Å²) in [6, 6.07) is 1.27. The van der Waals surface area contributed by atoms with Crippen molar-refractivity contribution < 1.29 is 31.3 Å². The van der Waals surface area contributed by atoms with Crippen LogP contribution in [0.5, 0.6) is 0 Å². The third kappa shape index (κ3) is 4.28. The average molecular weight is 349 g/mol. The fraction of sp³-hybridized carbons (Fsp3) is 0.286. The second-order valence-corrected chi connectivity index (χ2v) is 4.87. The van der Waals surface area contributed by atoms with Crippen molar-refractivity contribution in [2.24, 2.45) is 0 Å². The monoisotopic (exact) mass is 349 g/mol. The summed E-state index contributed by atoms with van der Waals surface area (Å²) in [4.78, 5) is 11.6. The zero-order valence-electron chi connectivity index (χ0n) is 12.2. The van der Waals surface area contributed by atoms with E-state index in [9.17, 15) is 26.7 Å². The standard InChI is InChI=1S/C14H12F5N3O2/c1-7-5-10(22-24-7)21-11(23)6-20-13(14(17,18)19)8-3-2-4-9(15)12(8)16/h2-5,13,20H,6H2,1H3,(H,21,22,23)/t13-/m1/s1. The Hall–Kier alpha value is -2.49. The maximum Gasteiger partial charge on any atom is 0.408 e. The van der Waals surface area contributed by atoms with Crippen LogP contribution in [0.25, 0.3) is 0 Å². The van der Waals surface area contributed by atoms with E-state index in [0.717, 1.165) is 12.1 Å². The minimum atomic E-state index is -4.93. The van der Waals surface area contributed by atoms with Gasteiger partial charge in [0.15, 0.2) is 17.5 Å². The molecule has 0 aliphatic heterocycles. The Bertz CT molecular complexity index is 729. The highest BCUT2D eigenvalue weighted by molar-refractivity contribution is 5.91. The van der Waals surface area contributed by atoms with Crippen LogP contribution < -0.4 is 10.6 Å². The highest BCUT2D eigenvalue weighted by atomic mass is 19.4. The minimum Gasteiger partial charge on any atom is -0.360 e. The van der Waals surface area contributed by atoms with Crippen LogP contribution in [0.3, 0.4) is 0 Å². The molecule has 0 saturated heterocycles. The van der Waals surface area contributed by atoms with Gasteiger partial charge in [0, 0.05) is 11.6 Å². The fourth-order valence-corrected chi connectivity index (χ4v) is 1.95. The van der Waals surface area contributed by atoms with Gasteiger partial charge in [-0.1, -0.05) is 17.3 Å². The predicted molar refractivity (Wildman–Crippen MR) is 73.0 cm³/mol. The van der Waals surface area contributed by atoms with E-state index in [0.29, 0.717) is 11.8 Å². The number of anilines is 1. The molecule has 0 aliphatic carbocycles. The van der Waals surface area contributed by atoms with Crippen LogP contribution in [0.1, 0.15) is 17.4 Å². The van der Waals surface area contributed by atoms with Crippen LogP contribution in [-0.4, -0.2) is 23.8 Å². The lowest BCUT2D eigenvalue weighted by Crippen LogP contribution is -2.39. The van der Waals surface area contributed by atoms with E-state index >= 15 is 0 Å². The van der Waals surface area contributed by atoms with Gasteiger partial charge in [-0.25, -0.2) is 8.78 Å². The van der Waals surface area contributed by atoms with Crippen LogP contribution in [0, 0.1) is 18.6 Å². The molecule has 2 aromatic rings. The van der Waals surface area contributed by atoms with Gasteiger partial charge in [0.05, 0.1) is 6.54 Å². The van der Waals surface area contributed by atoms with Crippen molar-refractivity contribution in [1.82, 2.24) is 10.5 Å². The molecule has 1 aromatic heterocycles. The summed E-state index contributed by atoms with van der Waals surface area (Å²) in [7, 11) is 0. The molecule has 0 unspecified atom stereocenters. The number of rotatable bonds is 5. The number of carbonyl (C=O) groups excluding carboxylic acids is 1. The molecular weight excluding hydrogens is 337 g/mol. The lowest BCUT2D eigenvalue weighted by molar-refractivity contribution is -0.158. The molecule has 24 heavy (non-hydrogen) atoms. The van der Waals surface area contributed by atoms with Gasteiger partial charge in [-0.15, -0.1) is 0 Å². The number of nitrogens with zero attached hydrogens (tertiary/aromatic N) is 1. The summed E-state index contributed by atoms with van der Waals surface area (Å²) in [6.07, 6.45) is -4.93. The molecular formula is C14H12F5N3O2. The van der Waals surface area contributed by atoms with Crippen molar-refractivity contribution >= 4 is 11.7 Å². The van der Waals surface area contributed by atoms with Crippen molar-refractivity contribution in [2.45, 2.75) is 19.1 Å². The molecule has 0 fully saturated rings. The van der Waals surface area contributed by atoms with E-state index in [1.54, 1.807) is 6.92 Å². The largest absolute Gasteiger partial charge is 0.408 e. The number of alkyl halides is 3. The number of aryl methyl sites for hydroxylation is 1.